The smallest absolute Gasteiger partial charge is 0.408 e. The third-order valence-electron chi connectivity index (χ3n) is 4.21. The molecule has 1 saturated carbocycles. The maximum absolute atomic E-state index is 11.4. The molecule has 2 aliphatic heterocycles. The first kappa shape index (κ1) is 9.46. The van der Waals surface area contributed by atoms with E-state index >= 15 is 0 Å². The van der Waals surface area contributed by atoms with Crippen LogP contribution in [0.3, 0.4) is 0 Å². The molecule has 4 nitrogen and oxygen atoms in total. The van der Waals surface area contributed by atoms with Gasteiger partial charge in [0.15, 0.2) is 0 Å². The zero-order chi connectivity index (χ0) is 10.3. The van der Waals surface area contributed by atoms with Crippen molar-refractivity contribution in [2.24, 2.45) is 5.92 Å². The Hall–Kier alpha value is -0.770. The van der Waals surface area contributed by atoms with Crippen molar-refractivity contribution in [2.75, 3.05) is 13.1 Å². The molecule has 84 valence electrons. The summed E-state index contributed by atoms with van der Waals surface area (Å²) >= 11 is 0. The second-order valence-corrected chi connectivity index (χ2v) is 5.02. The lowest BCUT2D eigenvalue weighted by molar-refractivity contribution is -0.0126. The number of carbonyl (C=O) groups excluding carboxylic acids is 1. The number of hydrogen-bond donors (Lipinski definition) is 2. The highest BCUT2D eigenvalue weighted by Crippen LogP contribution is 2.42. The van der Waals surface area contributed by atoms with Crippen molar-refractivity contribution >= 4 is 6.09 Å². The SMILES string of the molecule is O=C1NC(C2CCC2)C2(CCNCC2)O1. The first-order valence-corrected chi connectivity index (χ1v) is 6.00. The maximum atomic E-state index is 11.4. The van der Waals surface area contributed by atoms with Crippen LogP contribution in [0.15, 0.2) is 0 Å². The van der Waals surface area contributed by atoms with Crippen LogP contribution in [-0.4, -0.2) is 30.8 Å². The van der Waals surface area contributed by atoms with E-state index in [1.54, 1.807) is 0 Å². The molecule has 1 aliphatic carbocycles. The zero-order valence-electron chi connectivity index (χ0n) is 8.92. The second-order valence-electron chi connectivity index (χ2n) is 5.02. The average Bonchev–Trinajstić information content (AvgIpc) is 2.42. The molecule has 0 aromatic rings. The Labute approximate surface area is 89.7 Å². The number of carbonyl (C=O) groups is 1. The lowest BCUT2D eigenvalue weighted by Crippen LogP contribution is -2.55. The lowest BCUT2D eigenvalue weighted by atomic mass is 9.70. The van der Waals surface area contributed by atoms with E-state index in [1.165, 1.54) is 19.3 Å². The average molecular weight is 210 g/mol. The largest absolute Gasteiger partial charge is 0.441 e. The number of rotatable bonds is 1. The zero-order valence-corrected chi connectivity index (χ0v) is 8.92. The molecule has 3 rings (SSSR count). The van der Waals surface area contributed by atoms with E-state index in [9.17, 15) is 4.79 Å². The molecule has 0 aromatic heterocycles. The number of nitrogens with one attached hydrogen (secondary N) is 2. The molecule has 4 heteroatoms. The maximum Gasteiger partial charge on any atom is 0.408 e. The van der Waals surface area contributed by atoms with E-state index < -0.39 is 0 Å². The number of amides is 1. The Kier molecular flexibility index (Phi) is 2.12. The lowest BCUT2D eigenvalue weighted by Gasteiger charge is -2.42. The summed E-state index contributed by atoms with van der Waals surface area (Å²) in [6.45, 7) is 1.94. The van der Waals surface area contributed by atoms with E-state index in [-0.39, 0.29) is 17.7 Å². The fourth-order valence-corrected chi connectivity index (χ4v) is 3.12. The van der Waals surface area contributed by atoms with Crippen LogP contribution in [0.5, 0.6) is 0 Å². The van der Waals surface area contributed by atoms with Crippen molar-refractivity contribution in [1.29, 1.82) is 0 Å². The number of alkyl carbamates (subject to hydrolysis) is 1. The summed E-state index contributed by atoms with van der Waals surface area (Å²) in [5, 5.41) is 6.35. The van der Waals surface area contributed by atoms with Gasteiger partial charge in [-0.25, -0.2) is 4.79 Å². The van der Waals surface area contributed by atoms with E-state index in [2.05, 4.69) is 10.6 Å². The molecule has 15 heavy (non-hydrogen) atoms. The summed E-state index contributed by atoms with van der Waals surface area (Å²) in [6, 6.07) is 0.279. The van der Waals surface area contributed by atoms with Gasteiger partial charge >= 0.3 is 6.09 Å². The molecular weight excluding hydrogens is 192 g/mol. The molecule has 2 N–H and O–H groups in total. The van der Waals surface area contributed by atoms with Crippen molar-refractivity contribution in [3.8, 4) is 0 Å². The Morgan fingerprint density at radius 3 is 2.60 bits per heavy atom. The highest BCUT2D eigenvalue weighted by Gasteiger charge is 2.53. The van der Waals surface area contributed by atoms with Gasteiger partial charge in [-0.2, -0.15) is 0 Å². The van der Waals surface area contributed by atoms with Crippen LogP contribution in [0.2, 0.25) is 0 Å². The van der Waals surface area contributed by atoms with E-state index in [0.29, 0.717) is 5.92 Å². The monoisotopic (exact) mass is 210 g/mol. The molecule has 2 heterocycles. The van der Waals surface area contributed by atoms with Crippen LogP contribution in [0.25, 0.3) is 0 Å². The van der Waals surface area contributed by atoms with Crippen LogP contribution in [0.1, 0.15) is 32.1 Å². The Morgan fingerprint density at radius 2 is 2.00 bits per heavy atom. The Bertz CT molecular complexity index is 270. The molecule has 0 radical (unpaired) electrons. The number of piperidine rings is 1. The van der Waals surface area contributed by atoms with Crippen LogP contribution in [0.4, 0.5) is 4.79 Å². The van der Waals surface area contributed by atoms with Crippen LogP contribution >= 0.6 is 0 Å². The van der Waals surface area contributed by atoms with Gasteiger partial charge in [-0.15, -0.1) is 0 Å². The van der Waals surface area contributed by atoms with Gasteiger partial charge in [0.05, 0.1) is 6.04 Å². The van der Waals surface area contributed by atoms with E-state index in [0.717, 1.165) is 25.9 Å². The predicted octanol–water partition coefficient (Wildman–Crippen LogP) is 1.02. The predicted molar refractivity (Wildman–Crippen MR) is 55.6 cm³/mol. The van der Waals surface area contributed by atoms with Crippen molar-refractivity contribution in [3.63, 3.8) is 0 Å². The molecule has 1 spiro atoms. The van der Waals surface area contributed by atoms with Crippen molar-refractivity contribution in [2.45, 2.75) is 43.7 Å². The second kappa shape index (κ2) is 3.37. The van der Waals surface area contributed by atoms with Gasteiger partial charge in [-0.1, -0.05) is 6.42 Å². The first-order chi connectivity index (χ1) is 7.30. The molecule has 1 atom stereocenters. The molecular formula is C11H18N2O2. The van der Waals surface area contributed by atoms with Crippen molar-refractivity contribution < 1.29 is 9.53 Å². The van der Waals surface area contributed by atoms with Gasteiger partial charge in [0, 0.05) is 12.8 Å². The minimum absolute atomic E-state index is 0.187. The van der Waals surface area contributed by atoms with Crippen LogP contribution < -0.4 is 10.6 Å². The standard InChI is InChI=1S/C11H18N2O2/c14-10-13-9(8-2-1-3-8)11(15-10)4-6-12-7-5-11/h8-9,12H,1-7H2,(H,13,14). The number of hydrogen-bond acceptors (Lipinski definition) is 3. The molecule has 3 aliphatic rings. The van der Waals surface area contributed by atoms with Gasteiger partial charge in [0.1, 0.15) is 5.60 Å². The van der Waals surface area contributed by atoms with Crippen LogP contribution in [0, 0.1) is 5.92 Å². The van der Waals surface area contributed by atoms with E-state index in [1.807, 2.05) is 0 Å². The fourth-order valence-electron chi connectivity index (χ4n) is 3.12. The molecule has 3 fully saturated rings. The quantitative estimate of drug-likeness (QED) is 0.679. The van der Waals surface area contributed by atoms with Gasteiger partial charge in [-0.05, 0) is 31.8 Å². The number of ether oxygens (including phenoxy) is 1. The van der Waals surface area contributed by atoms with E-state index in [4.69, 9.17) is 4.74 Å². The minimum atomic E-state index is -0.200. The first-order valence-electron chi connectivity index (χ1n) is 6.00. The molecule has 0 aromatic carbocycles. The fraction of sp³-hybridized carbons (Fsp3) is 0.909. The Morgan fingerprint density at radius 1 is 1.27 bits per heavy atom. The molecule has 2 saturated heterocycles. The minimum Gasteiger partial charge on any atom is -0.441 e. The van der Waals surface area contributed by atoms with Gasteiger partial charge in [0.2, 0.25) is 0 Å². The summed E-state index contributed by atoms with van der Waals surface area (Å²) in [5.74, 6) is 0.662. The third-order valence-corrected chi connectivity index (χ3v) is 4.21. The molecule has 0 bridgehead atoms. The topological polar surface area (TPSA) is 50.4 Å². The summed E-state index contributed by atoms with van der Waals surface area (Å²) in [7, 11) is 0. The van der Waals surface area contributed by atoms with Gasteiger partial charge < -0.3 is 15.4 Å². The third kappa shape index (κ3) is 1.42. The van der Waals surface area contributed by atoms with Gasteiger partial charge in [-0.3, -0.25) is 0 Å². The van der Waals surface area contributed by atoms with Crippen molar-refractivity contribution in [3.05, 3.63) is 0 Å². The summed E-state index contributed by atoms with van der Waals surface area (Å²) in [5.41, 5.74) is -0.187. The van der Waals surface area contributed by atoms with Crippen molar-refractivity contribution in [1.82, 2.24) is 10.6 Å². The molecule has 1 amide bonds. The highest BCUT2D eigenvalue weighted by molar-refractivity contribution is 5.71. The summed E-state index contributed by atoms with van der Waals surface area (Å²) in [4.78, 5) is 11.4. The molecule has 1 unspecified atom stereocenters. The van der Waals surface area contributed by atoms with Crippen LogP contribution in [-0.2, 0) is 4.74 Å². The Balaban J connectivity index is 1.80. The van der Waals surface area contributed by atoms with Gasteiger partial charge in [0.25, 0.3) is 0 Å². The summed E-state index contributed by atoms with van der Waals surface area (Å²) < 4.78 is 5.57. The summed E-state index contributed by atoms with van der Waals surface area (Å²) in [6.07, 6.45) is 5.55. The normalized spacial score (nSPS) is 34.7. The highest BCUT2D eigenvalue weighted by atomic mass is 16.6.